The van der Waals surface area contributed by atoms with Crippen LogP contribution in [0.3, 0.4) is 0 Å². The molecule has 4 heterocycles. The largest absolute Gasteiger partial charge is 0.494 e. The topological polar surface area (TPSA) is 93.4 Å². The normalized spacial score (nSPS) is 15.1. The van der Waals surface area contributed by atoms with E-state index in [1.54, 1.807) is 24.0 Å². The van der Waals surface area contributed by atoms with Gasteiger partial charge in [-0.05, 0) is 12.1 Å². The number of para-hydroxylation sites is 1. The Morgan fingerprint density at radius 2 is 2.11 bits per heavy atom. The van der Waals surface area contributed by atoms with Crippen molar-refractivity contribution in [2.24, 2.45) is 0 Å². The number of methoxy groups -OCH3 is 1. The van der Waals surface area contributed by atoms with E-state index in [0.717, 1.165) is 46.9 Å². The Bertz CT molecular complexity index is 1140. The molecule has 28 heavy (non-hydrogen) atoms. The van der Waals surface area contributed by atoms with Crippen LogP contribution in [0, 0.1) is 0 Å². The van der Waals surface area contributed by atoms with Gasteiger partial charge >= 0.3 is 0 Å². The summed E-state index contributed by atoms with van der Waals surface area (Å²) in [6.07, 6.45) is 5.29. The van der Waals surface area contributed by atoms with Crippen molar-refractivity contribution in [1.29, 1.82) is 0 Å². The van der Waals surface area contributed by atoms with E-state index in [9.17, 15) is 0 Å². The summed E-state index contributed by atoms with van der Waals surface area (Å²) in [7, 11) is 3.47. The van der Waals surface area contributed by atoms with Crippen molar-refractivity contribution in [3.8, 4) is 5.75 Å². The van der Waals surface area contributed by atoms with E-state index in [4.69, 9.17) is 9.72 Å². The molecule has 0 radical (unpaired) electrons. The maximum atomic E-state index is 5.46. The van der Waals surface area contributed by atoms with Crippen LogP contribution in [-0.2, 0) is 6.54 Å². The van der Waals surface area contributed by atoms with Crippen LogP contribution in [0.2, 0.25) is 0 Å². The third-order valence-electron chi connectivity index (χ3n) is 5.08. The van der Waals surface area contributed by atoms with Gasteiger partial charge in [-0.15, -0.1) is 5.10 Å². The SMILES string of the molecule is CNc1nc2c(OC)cccc2c2nc(CN3CC(c4cnccn4)C3)nn12. The number of nitrogens with one attached hydrogen (secondary N) is 1. The number of rotatable bonds is 5. The predicted octanol–water partition coefficient (Wildman–Crippen LogP) is 1.72. The van der Waals surface area contributed by atoms with E-state index in [1.807, 2.05) is 31.4 Å². The Morgan fingerprint density at radius 1 is 1.21 bits per heavy atom. The fourth-order valence-corrected chi connectivity index (χ4v) is 3.65. The van der Waals surface area contributed by atoms with Crippen LogP contribution in [0.4, 0.5) is 5.95 Å². The fourth-order valence-electron chi connectivity index (χ4n) is 3.65. The maximum Gasteiger partial charge on any atom is 0.226 e. The molecule has 9 nitrogen and oxygen atoms in total. The Morgan fingerprint density at radius 3 is 2.86 bits per heavy atom. The van der Waals surface area contributed by atoms with Gasteiger partial charge in [-0.2, -0.15) is 4.52 Å². The number of likely N-dealkylation sites (tertiary alicyclic amines) is 1. The third kappa shape index (κ3) is 2.71. The van der Waals surface area contributed by atoms with E-state index in [0.29, 0.717) is 18.4 Å². The average molecular weight is 376 g/mol. The number of anilines is 1. The van der Waals surface area contributed by atoms with Crippen LogP contribution in [0.15, 0.2) is 36.8 Å². The molecule has 0 amide bonds. The first-order chi connectivity index (χ1) is 13.8. The summed E-state index contributed by atoms with van der Waals surface area (Å²) in [5.74, 6) is 2.54. The van der Waals surface area contributed by atoms with Crippen molar-refractivity contribution in [2.45, 2.75) is 12.5 Å². The summed E-state index contributed by atoms with van der Waals surface area (Å²) in [5.41, 5.74) is 2.59. The lowest BCUT2D eigenvalue weighted by Gasteiger charge is -2.37. The molecule has 0 aliphatic carbocycles. The number of nitrogens with zero attached hydrogens (tertiary/aromatic N) is 7. The molecule has 9 heteroatoms. The molecule has 0 atom stereocenters. The molecule has 4 aromatic rings. The summed E-state index contributed by atoms with van der Waals surface area (Å²) < 4.78 is 7.22. The van der Waals surface area contributed by atoms with Gasteiger partial charge in [-0.1, -0.05) is 6.07 Å². The Hall–Kier alpha value is -3.33. The first kappa shape index (κ1) is 16.8. The van der Waals surface area contributed by atoms with Crippen LogP contribution in [0.5, 0.6) is 5.75 Å². The molecular formula is C19H20N8O. The van der Waals surface area contributed by atoms with Gasteiger partial charge in [-0.25, -0.2) is 9.97 Å². The molecule has 1 aliphatic heterocycles. The number of ether oxygens (including phenoxy) is 1. The Kier molecular flexibility index (Phi) is 4.01. The molecule has 0 spiro atoms. The summed E-state index contributed by atoms with van der Waals surface area (Å²) >= 11 is 0. The highest BCUT2D eigenvalue weighted by Crippen LogP contribution is 2.29. The Balaban J connectivity index is 1.44. The summed E-state index contributed by atoms with van der Waals surface area (Å²) in [6.45, 7) is 2.55. The standard InChI is InChI=1S/C19H20N8O/c1-20-19-24-17-13(4-3-5-15(17)28-2)18-23-16(25-27(18)19)11-26-9-12(10-26)14-8-21-6-7-22-14/h3-8,12H,9-11H2,1-2H3,(H,20,24). The summed E-state index contributed by atoms with van der Waals surface area (Å²) in [5, 5.41) is 8.70. The minimum Gasteiger partial charge on any atom is -0.494 e. The monoisotopic (exact) mass is 376 g/mol. The quantitative estimate of drug-likeness (QED) is 0.563. The maximum absolute atomic E-state index is 5.46. The first-order valence-corrected chi connectivity index (χ1v) is 9.15. The number of aromatic nitrogens is 6. The molecule has 0 bridgehead atoms. The van der Waals surface area contributed by atoms with Crippen LogP contribution < -0.4 is 10.1 Å². The van der Waals surface area contributed by atoms with Crippen molar-refractivity contribution in [3.05, 3.63) is 48.3 Å². The van der Waals surface area contributed by atoms with Crippen molar-refractivity contribution >= 4 is 22.5 Å². The fraction of sp³-hybridized carbons (Fsp3) is 0.316. The molecule has 1 N–H and O–H groups in total. The van der Waals surface area contributed by atoms with Crippen LogP contribution in [0.25, 0.3) is 16.6 Å². The molecule has 0 unspecified atom stereocenters. The van der Waals surface area contributed by atoms with Gasteiger partial charge in [0.25, 0.3) is 0 Å². The number of hydrogen-bond donors (Lipinski definition) is 1. The highest BCUT2D eigenvalue weighted by Gasteiger charge is 2.30. The second kappa shape index (κ2) is 6.68. The van der Waals surface area contributed by atoms with Crippen LogP contribution >= 0.6 is 0 Å². The van der Waals surface area contributed by atoms with Gasteiger partial charge < -0.3 is 10.1 Å². The second-order valence-corrected chi connectivity index (χ2v) is 6.83. The molecule has 0 saturated carbocycles. The average Bonchev–Trinajstić information content (AvgIpc) is 3.14. The van der Waals surface area contributed by atoms with Crippen molar-refractivity contribution in [1.82, 2.24) is 34.4 Å². The molecule has 1 saturated heterocycles. The van der Waals surface area contributed by atoms with Crippen molar-refractivity contribution < 1.29 is 4.74 Å². The van der Waals surface area contributed by atoms with Crippen LogP contribution in [-0.4, -0.2) is 61.7 Å². The Labute approximate surface area is 161 Å². The van der Waals surface area contributed by atoms with E-state index >= 15 is 0 Å². The number of hydrogen-bond acceptors (Lipinski definition) is 8. The highest BCUT2D eigenvalue weighted by molar-refractivity contribution is 5.95. The minimum absolute atomic E-state index is 0.422. The van der Waals surface area contributed by atoms with E-state index in [-0.39, 0.29) is 0 Å². The van der Waals surface area contributed by atoms with Gasteiger partial charge in [0, 0.05) is 50.0 Å². The first-order valence-electron chi connectivity index (χ1n) is 9.15. The van der Waals surface area contributed by atoms with Gasteiger partial charge in [-0.3, -0.25) is 14.9 Å². The van der Waals surface area contributed by atoms with Crippen molar-refractivity contribution in [2.75, 3.05) is 32.6 Å². The number of fused-ring (bicyclic) bond motifs is 3. The third-order valence-corrected chi connectivity index (χ3v) is 5.08. The lowest BCUT2D eigenvalue weighted by atomic mass is 9.97. The van der Waals surface area contributed by atoms with Gasteiger partial charge in [0.2, 0.25) is 5.95 Å². The number of benzene rings is 1. The lowest BCUT2D eigenvalue weighted by molar-refractivity contribution is 0.133. The zero-order chi connectivity index (χ0) is 19.1. The smallest absolute Gasteiger partial charge is 0.226 e. The highest BCUT2D eigenvalue weighted by atomic mass is 16.5. The minimum atomic E-state index is 0.422. The van der Waals surface area contributed by atoms with Gasteiger partial charge in [0.1, 0.15) is 11.3 Å². The lowest BCUT2D eigenvalue weighted by Crippen LogP contribution is -2.44. The molecule has 3 aromatic heterocycles. The van der Waals surface area contributed by atoms with E-state index in [1.165, 1.54) is 0 Å². The summed E-state index contributed by atoms with van der Waals surface area (Å²) in [4.78, 5) is 20.3. The molecular weight excluding hydrogens is 356 g/mol. The predicted molar refractivity (Wildman–Crippen MR) is 104 cm³/mol. The van der Waals surface area contributed by atoms with E-state index < -0.39 is 0 Å². The van der Waals surface area contributed by atoms with E-state index in [2.05, 4.69) is 30.3 Å². The van der Waals surface area contributed by atoms with Crippen molar-refractivity contribution in [3.63, 3.8) is 0 Å². The zero-order valence-electron chi connectivity index (χ0n) is 15.7. The summed E-state index contributed by atoms with van der Waals surface area (Å²) in [6, 6.07) is 5.83. The zero-order valence-corrected chi connectivity index (χ0v) is 15.7. The van der Waals surface area contributed by atoms with Crippen LogP contribution in [0.1, 0.15) is 17.4 Å². The molecule has 1 fully saturated rings. The molecule has 1 aromatic carbocycles. The molecule has 142 valence electrons. The molecule has 1 aliphatic rings. The van der Waals surface area contributed by atoms with Gasteiger partial charge in [0.05, 0.1) is 19.3 Å². The van der Waals surface area contributed by atoms with Gasteiger partial charge in [0.15, 0.2) is 11.5 Å². The molecule has 5 rings (SSSR count). The second-order valence-electron chi connectivity index (χ2n) is 6.83.